The molecule has 120 valence electrons. The number of aliphatic hydroxyl groups excluding tert-OH is 1. The summed E-state index contributed by atoms with van der Waals surface area (Å²) in [5.41, 5.74) is 3.28. The van der Waals surface area contributed by atoms with Crippen LogP contribution in [0.3, 0.4) is 0 Å². The van der Waals surface area contributed by atoms with E-state index >= 15 is 0 Å². The third-order valence-electron chi connectivity index (χ3n) is 6.47. The van der Waals surface area contributed by atoms with Crippen molar-refractivity contribution in [3.63, 3.8) is 0 Å². The number of hydrogen-bond donors (Lipinski definition) is 1. The average Bonchev–Trinajstić information content (AvgIpc) is 2.89. The van der Waals surface area contributed by atoms with Crippen LogP contribution in [0, 0.1) is 5.41 Å². The summed E-state index contributed by atoms with van der Waals surface area (Å²) in [6, 6.07) is 8.52. The number of aliphatic hydroxyl groups is 1. The molecule has 0 bridgehead atoms. The van der Waals surface area contributed by atoms with Gasteiger partial charge in [0, 0.05) is 24.0 Å². The molecular formula is C19H22N2O2. The third kappa shape index (κ3) is 1.56. The largest absolute Gasteiger partial charge is 0.373 e. The molecule has 4 heterocycles. The van der Waals surface area contributed by atoms with Gasteiger partial charge in [-0.3, -0.25) is 9.69 Å². The van der Waals surface area contributed by atoms with Gasteiger partial charge < -0.3 is 9.67 Å². The highest BCUT2D eigenvalue weighted by Gasteiger charge is 2.56. The van der Waals surface area contributed by atoms with Crippen LogP contribution in [-0.2, 0) is 11.2 Å². The lowest BCUT2D eigenvalue weighted by atomic mass is 9.63. The standard InChI is InChI=1S/C19H22N2O2/c1-12(22)19-8-4-9-20-10-7-14-13-5-2-3-6-15(13)21(16(23)11-19)17(14)18(19)20/h2-3,5-6,16,18,23H,4,7-11H2,1H3/t16-,18-,19+/m0/s1. The van der Waals surface area contributed by atoms with Gasteiger partial charge in [-0.2, -0.15) is 0 Å². The quantitative estimate of drug-likeness (QED) is 0.881. The van der Waals surface area contributed by atoms with Crippen molar-refractivity contribution in [3.8, 4) is 0 Å². The zero-order valence-corrected chi connectivity index (χ0v) is 13.5. The summed E-state index contributed by atoms with van der Waals surface area (Å²) in [5.74, 6) is 0.246. The van der Waals surface area contributed by atoms with Crippen LogP contribution in [0.1, 0.15) is 49.7 Å². The number of aromatic nitrogens is 1. The summed E-state index contributed by atoms with van der Waals surface area (Å²) >= 11 is 0. The third-order valence-corrected chi connectivity index (χ3v) is 6.47. The summed E-state index contributed by atoms with van der Waals surface area (Å²) in [6.45, 7) is 3.82. The Bertz CT molecular complexity index is 824. The van der Waals surface area contributed by atoms with Crippen molar-refractivity contribution in [3.05, 3.63) is 35.5 Å². The molecule has 1 fully saturated rings. The first-order chi connectivity index (χ1) is 11.1. The molecule has 0 saturated carbocycles. The second-order valence-electron chi connectivity index (χ2n) is 7.44. The Balaban J connectivity index is 1.87. The molecule has 1 aromatic carbocycles. The number of piperidine rings is 1. The van der Waals surface area contributed by atoms with Gasteiger partial charge >= 0.3 is 0 Å². The van der Waals surface area contributed by atoms with E-state index in [1.165, 1.54) is 16.6 Å². The lowest BCUT2D eigenvalue weighted by Gasteiger charge is -2.54. The van der Waals surface area contributed by atoms with Gasteiger partial charge in [-0.25, -0.2) is 0 Å². The molecule has 23 heavy (non-hydrogen) atoms. The Labute approximate surface area is 135 Å². The van der Waals surface area contributed by atoms with Gasteiger partial charge in [0.2, 0.25) is 0 Å². The molecule has 0 spiro atoms. The van der Waals surface area contributed by atoms with Crippen molar-refractivity contribution in [1.82, 2.24) is 9.47 Å². The smallest absolute Gasteiger partial charge is 0.138 e. The molecule has 0 amide bonds. The minimum Gasteiger partial charge on any atom is -0.373 e. The molecule has 5 rings (SSSR count). The molecule has 0 aliphatic carbocycles. The first-order valence-electron chi connectivity index (χ1n) is 8.68. The maximum Gasteiger partial charge on any atom is 0.138 e. The van der Waals surface area contributed by atoms with Crippen LogP contribution in [0.4, 0.5) is 0 Å². The Morgan fingerprint density at radius 3 is 2.96 bits per heavy atom. The minimum absolute atomic E-state index is 0.147. The van der Waals surface area contributed by atoms with Crippen molar-refractivity contribution in [2.45, 2.75) is 44.9 Å². The van der Waals surface area contributed by atoms with E-state index in [1.807, 2.05) is 6.07 Å². The predicted molar refractivity (Wildman–Crippen MR) is 88.2 cm³/mol. The number of para-hydroxylation sites is 1. The van der Waals surface area contributed by atoms with Gasteiger partial charge in [0.25, 0.3) is 0 Å². The lowest BCUT2D eigenvalue weighted by molar-refractivity contribution is -0.145. The van der Waals surface area contributed by atoms with Crippen LogP contribution >= 0.6 is 0 Å². The summed E-state index contributed by atoms with van der Waals surface area (Å²) in [6.07, 6.45) is 2.93. The first-order valence-corrected chi connectivity index (χ1v) is 8.68. The fraction of sp³-hybridized carbons (Fsp3) is 0.526. The van der Waals surface area contributed by atoms with Crippen molar-refractivity contribution in [1.29, 1.82) is 0 Å². The van der Waals surface area contributed by atoms with E-state index in [0.717, 1.165) is 37.9 Å². The Morgan fingerprint density at radius 1 is 1.30 bits per heavy atom. The Kier molecular flexibility index (Phi) is 2.67. The van der Waals surface area contributed by atoms with E-state index in [2.05, 4.69) is 27.7 Å². The number of fused-ring (bicyclic) bond motifs is 3. The van der Waals surface area contributed by atoms with E-state index in [-0.39, 0.29) is 11.8 Å². The van der Waals surface area contributed by atoms with E-state index in [1.54, 1.807) is 6.92 Å². The molecule has 4 heteroatoms. The molecule has 3 atom stereocenters. The second-order valence-corrected chi connectivity index (χ2v) is 7.44. The topological polar surface area (TPSA) is 45.5 Å². The van der Waals surface area contributed by atoms with Crippen LogP contribution < -0.4 is 0 Å². The summed E-state index contributed by atoms with van der Waals surface area (Å²) in [4.78, 5) is 15.2. The second kappa shape index (κ2) is 4.46. The molecule has 1 N–H and O–H groups in total. The number of ketones is 1. The molecule has 4 nitrogen and oxygen atoms in total. The van der Waals surface area contributed by atoms with E-state index in [0.29, 0.717) is 6.42 Å². The molecule has 3 aliphatic rings. The van der Waals surface area contributed by atoms with Crippen LogP contribution in [-0.4, -0.2) is 33.4 Å². The van der Waals surface area contributed by atoms with Gasteiger partial charge in [0.15, 0.2) is 0 Å². The molecule has 3 aliphatic heterocycles. The minimum atomic E-state index is -0.596. The van der Waals surface area contributed by atoms with Gasteiger partial charge in [-0.05, 0) is 44.4 Å². The number of carbonyl (C=O) groups excluding carboxylic acids is 1. The molecule has 0 radical (unpaired) electrons. The van der Waals surface area contributed by atoms with E-state index in [9.17, 15) is 9.90 Å². The molecule has 0 unspecified atom stereocenters. The molecule has 1 aromatic heterocycles. The fourth-order valence-electron chi connectivity index (χ4n) is 5.52. The maximum atomic E-state index is 12.7. The maximum absolute atomic E-state index is 12.7. The van der Waals surface area contributed by atoms with Crippen molar-refractivity contribution >= 4 is 16.7 Å². The van der Waals surface area contributed by atoms with E-state index < -0.39 is 11.6 Å². The van der Waals surface area contributed by atoms with E-state index in [4.69, 9.17) is 0 Å². The summed E-state index contributed by atoms with van der Waals surface area (Å²) < 4.78 is 2.12. The number of benzene rings is 1. The summed E-state index contributed by atoms with van der Waals surface area (Å²) in [7, 11) is 0. The number of nitrogens with zero attached hydrogens (tertiary/aromatic N) is 2. The number of carbonyl (C=O) groups is 1. The SMILES string of the molecule is CC(=O)[C@@]12CCCN3CCc4c(n(c5ccccc45)[C@@H](O)C1)[C@H]32. The highest BCUT2D eigenvalue weighted by atomic mass is 16.3. The monoisotopic (exact) mass is 310 g/mol. The number of hydrogen-bond acceptors (Lipinski definition) is 3. The highest BCUT2D eigenvalue weighted by molar-refractivity contribution is 5.89. The lowest BCUT2D eigenvalue weighted by Crippen LogP contribution is -2.55. The normalized spacial score (nSPS) is 32.8. The molecule has 2 aromatic rings. The highest BCUT2D eigenvalue weighted by Crippen LogP contribution is 2.58. The van der Waals surface area contributed by atoms with Gasteiger partial charge in [-0.15, -0.1) is 0 Å². The van der Waals surface area contributed by atoms with Crippen LogP contribution in [0.5, 0.6) is 0 Å². The van der Waals surface area contributed by atoms with Gasteiger partial charge in [0.05, 0.1) is 17.0 Å². The van der Waals surface area contributed by atoms with Crippen molar-refractivity contribution < 1.29 is 9.90 Å². The zero-order chi connectivity index (χ0) is 15.8. The van der Waals surface area contributed by atoms with Gasteiger partial charge in [0.1, 0.15) is 12.0 Å². The number of Topliss-reactive ketones (excluding diaryl/α,β-unsaturated/α-hetero) is 1. The average molecular weight is 310 g/mol. The van der Waals surface area contributed by atoms with Crippen molar-refractivity contribution in [2.24, 2.45) is 5.41 Å². The van der Waals surface area contributed by atoms with Crippen molar-refractivity contribution in [2.75, 3.05) is 13.1 Å². The summed E-state index contributed by atoms with van der Waals surface area (Å²) in [5, 5.41) is 12.2. The predicted octanol–water partition coefficient (Wildman–Crippen LogP) is 2.80. The number of rotatable bonds is 1. The van der Waals surface area contributed by atoms with Crippen LogP contribution in [0.15, 0.2) is 24.3 Å². The Morgan fingerprint density at radius 2 is 2.13 bits per heavy atom. The Hall–Kier alpha value is -1.65. The van der Waals surface area contributed by atoms with Crippen LogP contribution in [0.2, 0.25) is 0 Å². The molecule has 1 saturated heterocycles. The first kappa shape index (κ1) is 13.8. The molecular weight excluding hydrogens is 288 g/mol. The fourth-order valence-corrected chi connectivity index (χ4v) is 5.52. The van der Waals surface area contributed by atoms with Gasteiger partial charge in [-0.1, -0.05) is 18.2 Å². The zero-order valence-electron chi connectivity index (χ0n) is 13.5. The van der Waals surface area contributed by atoms with Crippen LogP contribution in [0.25, 0.3) is 10.9 Å².